The number of anilines is 3. The van der Waals surface area contributed by atoms with Crippen LogP contribution in [-0.4, -0.2) is 16.9 Å². The number of thiazole rings is 1. The Morgan fingerprint density at radius 2 is 1.79 bits per heavy atom. The number of carbonyl (C=O) groups is 2. The van der Waals surface area contributed by atoms with Crippen LogP contribution in [0.4, 0.5) is 25.7 Å². The number of aromatic nitrogens is 1. The van der Waals surface area contributed by atoms with Crippen LogP contribution >= 0.6 is 11.3 Å². The number of amides is 3. The lowest BCUT2D eigenvalue weighted by molar-refractivity contribution is -0.115. The molecule has 3 N–H and O–H groups in total. The minimum Gasteiger partial charge on any atom is -0.325 e. The zero-order valence-corrected chi connectivity index (χ0v) is 16.2. The monoisotopic (exact) mass is 398 g/mol. The molecule has 144 valence electrons. The van der Waals surface area contributed by atoms with Gasteiger partial charge in [-0.3, -0.25) is 10.1 Å². The van der Waals surface area contributed by atoms with Crippen LogP contribution in [0, 0.1) is 19.7 Å². The van der Waals surface area contributed by atoms with Crippen molar-refractivity contribution in [2.45, 2.75) is 20.3 Å². The van der Waals surface area contributed by atoms with E-state index in [0.717, 1.165) is 16.8 Å². The summed E-state index contributed by atoms with van der Waals surface area (Å²) in [6.07, 6.45) is 0.102. The summed E-state index contributed by atoms with van der Waals surface area (Å²) in [7, 11) is 0. The van der Waals surface area contributed by atoms with Gasteiger partial charge in [0.1, 0.15) is 5.82 Å². The Kier molecular flexibility index (Phi) is 6.00. The maximum absolute atomic E-state index is 12.9. The van der Waals surface area contributed by atoms with Crippen molar-refractivity contribution in [2.24, 2.45) is 0 Å². The number of nitrogens with zero attached hydrogens (tertiary/aromatic N) is 1. The molecule has 3 rings (SSSR count). The van der Waals surface area contributed by atoms with E-state index in [4.69, 9.17) is 0 Å². The number of benzene rings is 2. The van der Waals surface area contributed by atoms with Crippen LogP contribution in [0.3, 0.4) is 0 Å². The van der Waals surface area contributed by atoms with Gasteiger partial charge in [-0.1, -0.05) is 12.1 Å². The average molecular weight is 398 g/mol. The molecule has 0 spiro atoms. The van der Waals surface area contributed by atoms with Gasteiger partial charge in [0.15, 0.2) is 5.13 Å². The van der Waals surface area contributed by atoms with Gasteiger partial charge in [-0.2, -0.15) is 0 Å². The van der Waals surface area contributed by atoms with E-state index < -0.39 is 6.03 Å². The van der Waals surface area contributed by atoms with E-state index in [0.29, 0.717) is 16.5 Å². The number of halogens is 1. The molecule has 0 radical (unpaired) electrons. The highest BCUT2D eigenvalue weighted by Gasteiger charge is 2.11. The van der Waals surface area contributed by atoms with Crippen molar-refractivity contribution >= 4 is 39.8 Å². The van der Waals surface area contributed by atoms with Gasteiger partial charge in [0.2, 0.25) is 5.91 Å². The molecule has 0 aliphatic carbocycles. The van der Waals surface area contributed by atoms with E-state index in [1.54, 1.807) is 5.38 Å². The molecule has 0 aliphatic rings. The van der Waals surface area contributed by atoms with Crippen molar-refractivity contribution in [3.05, 3.63) is 70.5 Å². The Labute approximate surface area is 165 Å². The van der Waals surface area contributed by atoms with E-state index in [1.165, 1.54) is 35.6 Å². The predicted molar refractivity (Wildman–Crippen MR) is 109 cm³/mol. The molecule has 0 saturated heterocycles. The van der Waals surface area contributed by atoms with Crippen LogP contribution < -0.4 is 16.0 Å². The minimum absolute atomic E-state index is 0.102. The number of carbonyl (C=O) groups excluding carboxylic acids is 2. The molecule has 3 aromatic rings. The number of hydrogen-bond donors (Lipinski definition) is 3. The van der Waals surface area contributed by atoms with E-state index >= 15 is 0 Å². The molecule has 0 atom stereocenters. The van der Waals surface area contributed by atoms with Crippen LogP contribution in [-0.2, 0) is 11.2 Å². The van der Waals surface area contributed by atoms with E-state index in [-0.39, 0.29) is 18.1 Å². The van der Waals surface area contributed by atoms with Gasteiger partial charge in [-0.25, -0.2) is 14.2 Å². The molecule has 0 bridgehead atoms. The van der Waals surface area contributed by atoms with Gasteiger partial charge in [-0.05, 0) is 55.3 Å². The molecule has 3 amide bonds. The second-order valence-corrected chi connectivity index (χ2v) is 7.13. The van der Waals surface area contributed by atoms with Crippen molar-refractivity contribution in [3.63, 3.8) is 0 Å². The van der Waals surface area contributed by atoms with Crippen molar-refractivity contribution in [3.8, 4) is 0 Å². The molecule has 8 heteroatoms. The Hall–Kier alpha value is -3.26. The normalized spacial score (nSPS) is 10.4. The average Bonchev–Trinajstić information content (AvgIpc) is 3.06. The molecule has 0 fully saturated rings. The van der Waals surface area contributed by atoms with E-state index in [9.17, 15) is 14.0 Å². The van der Waals surface area contributed by atoms with Crippen LogP contribution in [0.1, 0.15) is 16.8 Å². The Morgan fingerprint density at radius 1 is 1.04 bits per heavy atom. The Bertz CT molecular complexity index is 1000. The molecule has 0 saturated carbocycles. The lowest BCUT2D eigenvalue weighted by Crippen LogP contribution is -2.19. The van der Waals surface area contributed by atoms with Crippen molar-refractivity contribution in [1.82, 2.24) is 4.98 Å². The number of nitrogens with one attached hydrogen (secondary N) is 3. The summed E-state index contributed by atoms with van der Waals surface area (Å²) in [5.74, 6) is -0.559. The highest BCUT2D eigenvalue weighted by atomic mass is 32.1. The molecule has 1 aromatic heterocycles. The lowest BCUT2D eigenvalue weighted by Gasteiger charge is -2.08. The number of aryl methyl sites for hydroxylation is 2. The number of rotatable bonds is 5. The third-order valence-corrected chi connectivity index (χ3v) is 4.69. The Balaban J connectivity index is 1.54. The first kappa shape index (κ1) is 19.5. The third kappa shape index (κ3) is 5.37. The highest BCUT2D eigenvalue weighted by Crippen LogP contribution is 2.19. The first-order chi connectivity index (χ1) is 13.4. The summed E-state index contributed by atoms with van der Waals surface area (Å²) in [5, 5.41) is 10.1. The fraction of sp³-hybridized carbons (Fsp3) is 0.150. The zero-order valence-electron chi connectivity index (χ0n) is 15.4. The molecule has 2 aromatic carbocycles. The fourth-order valence-electron chi connectivity index (χ4n) is 2.47. The Morgan fingerprint density at radius 3 is 2.54 bits per heavy atom. The second-order valence-electron chi connectivity index (χ2n) is 6.27. The maximum atomic E-state index is 12.9. The van der Waals surface area contributed by atoms with Gasteiger partial charge >= 0.3 is 6.03 Å². The van der Waals surface area contributed by atoms with Crippen LogP contribution in [0.5, 0.6) is 0 Å². The highest BCUT2D eigenvalue weighted by molar-refractivity contribution is 7.14. The summed E-state index contributed by atoms with van der Waals surface area (Å²) in [6, 6.07) is 10.8. The smallest absolute Gasteiger partial charge is 0.325 e. The topological polar surface area (TPSA) is 83.1 Å². The molecular weight excluding hydrogens is 379 g/mol. The van der Waals surface area contributed by atoms with Crippen LogP contribution in [0.2, 0.25) is 0 Å². The summed E-state index contributed by atoms with van der Waals surface area (Å²) >= 11 is 1.22. The van der Waals surface area contributed by atoms with E-state index in [2.05, 4.69) is 20.9 Å². The largest absolute Gasteiger partial charge is 0.325 e. The summed E-state index contributed by atoms with van der Waals surface area (Å²) in [4.78, 5) is 28.5. The number of hydrogen-bond acceptors (Lipinski definition) is 4. The van der Waals surface area contributed by atoms with Gasteiger partial charge in [0, 0.05) is 16.8 Å². The molecular formula is C20H19FN4O2S. The van der Waals surface area contributed by atoms with Crippen molar-refractivity contribution in [2.75, 3.05) is 16.0 Å². The van der Waals surface area contributed by atoms with Gasteiger partial charge < -0.3 is 10.6 Å². The zero-order chi connectivity index (χ0) is 20.1. The number of urea groups is 1. The second kappa shape index (κ2) is 8.62. The minimum atomic E-state index is -0.493. The molecule has 1 heterocycles. The predicted octanol–water partition coefficient (Wildman–Crippen LogP) is 4.72. The van der Waals surface area contributed by atoms with E-state index in [1.807, 2.05) is 32.0 Å². The molecule has 0 unspecified atom stereocenters. The summed E-state index contributed by atoms with van der Waals surface area (Å²) < 4.78 is 12.9. The van der Waals surface area contributed by atoms with Gasteiger partial charge in [0.05, 0.1) is 12.1 Å². The molecule has 28 heavy (non-hydrogen) atoms. The first-order valence-electron chi connectivity index (χ1n) is 8.54. The SMILES string of the molecule is Cc1ccc(C)c(NC(=O)Cc2csc(NC(=O)Nc3ccc(F)cc3)n2)c1. The summed E-state index contributed by atoms with van der Waals surface area (Å²) in [5.41, 5.74) is 3.84. The van der Waals surface area contributed by atoms with Crippen LogP contribution in [0.15, 0.2) is 47.8 Å². The van der Waals surface area contributed by atoms with Gasteiger partial charge in [0.25, 0.3) is 0 Å². The lowest BCUT2D eigenvalue weighted by atomic mass is 10.1. The fourth-order valence-corrected chi connectivity index (χ4v) is 3.17. The maximum Gasteiger partial charge on any atom is 0.325 e. The summed E-state index contributed by atoms with van der Waals surface area (Å²) in [6.45, 7) is 3.89. The van der Waals surface area contributed by atoms with Gasteiger partial charge in [-0.15, -0.1) is 11.3 Å². The molecule has 6 nitrogen and oxygen atoms in total. The quantitative estimate of drug-likeness (QED) is 0.581. The molecule has 0 aliphatic heterocycles. The van der Waals surface area contributed by atoms with Crippen molar-refractivity contribution in [1.29, 1.82) is 0 Å². The first-order valence-corrected chi connectivity index (χ1v) is 9.42. The van der Waals surface area contributed by atoms with Crippen molar-refractivity contribution < 1.29 is 14.0 Å². The third-order valence-electron chi connectivity index (χ3n) is 3.88. The standard InChI is InChI=1S/C20H19FN4O2S/c1-12-3-4-13(2)17(9-12)24-18(26)10-16-11-28-20(23-16)25-19(27)22-15-7-5-14(21)6-8-15/h3-9,11H,10H2,1-2H3,(H,24,26)(H2,22,23,25,27). The van der Waals surface area contributed by atoms with Crippen LogP contribution in [0.25, 0.3) is 0 Å².